The Morgan fingerprint density at radius 3 is 2.19 bits per heavy atom. The maximum atomic E-state index is 14.2. The van der Waals surface area contributed by atoms with Gasteiger partial charge in [0.15, 0.2) is 11.5 Å². The monoisotopic (exact) mass is 649 g/mol. The van der Waals surface area contributed by atoms with E-state index in [1.54, 1.807) is 49.4 Å². The summed E-state index contributed by atoms with van der Waals surface area (Å²) >= 11 is 12.6. The van der Waals surface area contributed by atoms with E-state index in [9.17, 15) is 18.0 Å². The van der Waals surface area contributed by atoms with Crippen LogP contribution in [0.15, 0.2) is 65.6 Å². The number of aryl methyl sites for hydroxylation is 1. The molecule has 3 rings (SSSR count). The van der Waals surface area contributed by atoms with Crippen LogP contribution in [0.5, 0.6) is 11.5 Å². The minimum atomic E-state index is -4.30. The minimum Gasteiger partial charge on any atom is -0.493 e. The third-order valence-electron chi connectivity index (χ3n) is 6.83. The van der Waals surface area contributed by atoms with E-state index >= 15 is 0 Å². The SMILES string of the molecule is CCCNC(=O)C(CC)N(Cc1ccc(Cl)cc1Cl)C(=O)CN(c1ccc(C)cc1)S(=O)(=O)c1ccc(OC)c(OC)c1. The van der Waals surface area contributed by atoms with Crippen LogP contribution in [0.2, 0.25) is 10.0 Å². The highest BCUT2D eigenvalue weighted by molar-refractivity contribution is 7.92. The first-order chi connectivity index (χ1) is 20.5. The van der Waals surface area contributed by atoms with Gasteiger partial charge in [0.25, 0.3) is 10.0 Å². The molecule has 0 aliphatic carbocycles. The molecule has 0 heterocycles. The van der Waals surface area contributed by atoms with Crippen molar-refractivity contribution >= 4 is 50.7 Å². The fourth-order valence-corrected chi connectivity index (χ4v) is 6.36. The zero-order valence-electron chi connectivity index (χ0n) is 24.9. The Hall–Kier alpha value is -3.47. The number of ether oxygens (including phenoxy) is 2. The van der Waals surface area contributed by atoms with Crippen molar-refractivity contribution in [2.24, 2.45) is 0 Å². The molecule has 3 aromatic carbocycles. The minimum absolute atomic E-state index is 0.0367. The molecule has 0 bridgehead atoms. The summed E-state index contributed by atoms with van der Waals surface area (Å²) in [5.74, 6) is -0.354. The van der Waals surface area contributed by atoms with Crippen LogP contribution in [0.4, 0.5) is 5.69 Å². The van der Waals surface area contributed by atoms with Gasteiger partial charge in [-0.1, -0.05) is 60.8 Å². The lowest BCUT2D eigenvalue weighted by molar-refractivity contribution is -0.140. The number of hydrogen-bond donors (Lipinski definition) is 1. The number of methoxy groups -OCH3 is 2. The zero-order chi connectivity index (χ0) is 31.7. The topological polar surface area (TPSA) is 105 Å². The highest BCUT2D eigenvalue weighted by Crippen LogP contribution is 2.33. The number of rotatable bonds is 14. The summed E-state index contributed by atoms with van der Waals surface area (Å²) in [5, 5.41) is 3.60. The van der Waals surface area contributed by atoms with Crippen LogP contribution < -0.4 is 19.1 Å². The van der Waals surface area contributed by atoms with Crippen molar-refractivity contribution in [1.29, 1.82) is 0 Å². The molecule has 1 N–H and O–H groups in total. The first kappa shape index (κ1) is 34.0. The van der Waals surface area contributed by atoms with Crippen molar-refractivity contribution < 1.29 is 27.5 Å². The number of hydrogen-bond acceptors (Lipinski definition) is 6. The number of sulfonamides is 1. The molecular formula is C31H37Cl2N3O6S. The average Bonchev–Trinajstić information content (AvgIpc) is 2.99. The molecule has 0 radical (unpaired) electrons. The molecule has 0 aromatic heterocycles. The molecule has 1 atom stereocenters. The van der Waals surface area contributed by atoms with Crippen molar-refractivity contribution in [3.05, 3.63) is 81.8 Å². The van der Waals surface area contributed by atoms with E-state index in [2.05, 4.69) is 5.32 Å². The summed E-state index contributed by atoms with van der Waals surface area (Å²) < 4.78 is 39.9. The van der Waals surface area contributed by atoms with Gasteiger partial charge in [0.2, 0.25) is 11.8 Å². The molecule has 0 aliphatic rings. The van der Waals surface area contributed by atoms with E-state index in [-0.39, 0.29) is 28.8 Å². The lowest BCUT2D eigenvalue weighted by Gasteiger charge is -2.33. The van der Waals surface area contributed by atoms with Gasteiger partial charge in [-0.15, -0.1) is 0 Å². The summed E-state index contributed by atoms with van der Waals surface area (Å²) in [6.45, 7) is 5.41. The van der Waals surface area contributed by atoms with E-state index in [0.717, 1.165) is 9.87 Å². The lowest BCUT2D eigenvalue weighted by Crippen LogP contribution is -2.52. The van der Waals surface area contributed by atoms with Gasteiger partial charge >= 0.3 is 0 Å². The van der Waals surface area contributed by atoms with Gasteiger partial charge in [-0.3, -0.25) is 13.9 Å². The van der Waals surface area contributed by atoms with Crippen LogP contribution in [0.3, 0.4) is 0 Å². The summed E-state index contributed by atoms with van der Waals surface area (Å²) in [7, 11) is -1.44. The van der Waals surface area contributed by atoms with E-state index in [4.69, 9.17) is 32.7 Å². The van der Waals surface area contributed by atoms with Gasteiger partial charge in [0.05, 0.1) is 24.8 Å². The molecule has 12 heteroatoms. The number of nitrogens with zero attached hydrogens (tertiary/aromatic N) is 2. The van der Waals surface area contributed by atoms with Gasteiger partial charge in [0.1, 0.15) is 12.6 Å². The van der Waals surface area contributed by atoms with E-state index in [1.807, 2.05) is 13.8 Å². The molecule has 3 aromatic rings. The zero-order valence-corrected chi connectivity index (χ0v) is 27.2. The number of amides is 2. The molecular weight excluding hydrogens is 613 g/mol. The highest BCUT2D eigenvalue weighted by atomic mass is 35.5. The number of halogens is 2. The Kier molecular flexibility index (Phi) is 12.1. The molecule has 9 nitrogen and oxygen atoms in total. The number of carbonyl (C=O) groups excluding carboxylic acids is 2. The second kappa shape index (κ2) is 15.3. The summed E-state index contributed by atoms with van der Waals surface area (Å²) in [6.07, 6.45) is 1.00. The molecule has 0 aliphatic heterocycles. The summed E-state index contributed by atoms with van der Waals surface area (Å²) in [5.41, 5.74) is 1.75. The first-order valence-corrected chi connectivity index (χ1v) is 16.0. The van der Waals surface area contributed by atoms with E-state index < -0.39 is 28.5 Å². The van der Waals surface area contributed by atoms with Gasteiger partial charge in [-0.2, -0.15) is 0 Å². The number of anilines is 1. The quantitative estimate of drug-likeness (QED) is 0.235. The van der Waals surface area contributed by atoms with Crippen molar-refractivity contribution in [3.63, 3.8) is 0 Å². The predicted molar refractivity (Wildman–Crippen MR) is 170 cm³/mol. The Balaban J connectivity index is 2.11. The van der Waals surface area contributed by atoms with Gasteiger partial charge in [-0.25, -0.2) is 8.42 Å². The second-order valence-electron chi connectivity index (χ2n) is 9.84. The Morgan fingerprint density at radius 1 is 0.930 bits per heavy atom. The fourth-order valence-electron chi connectivity index (χ4n) is 4.46. The number of carbonyl (C=O) groups is 2. The smallest absolute Gasteiger partial charge is 0.264 e. The average molecular weight is 651 g/mol. The normalized spacial score (nSPS) is 11.9. The molecule has 0 fully saturated rings. The molecule has 0 spiro atoms. The maximum absolute atomic E-state index is 14.2. The second-order valence-corrected chi connectivity index (χ2v) is 12.5. The highest BCUT2D eigenvalue weighted by Gasteiger charge is 2.34. The number of benzene rings is 3. The first-order valence-electron chi connectivity index (χ1n) is 13.8. The Labute approximate surface area is 263 Å². The fraction of sp³-hybridized carbons (Fsp3) is 0.355. The lowest BCUT2D eigenvalue weighted by atomic mass is 10.1. The van der Waals surface area contributed by atoms with Crippen LogP contribution >= 0.6 is 23.2 Å². The van der Waals surface area contributed by atoms with Crippen molar-refractivity contribution in [1.82, 2.24) is 10.2 Å². The number of nitrogens with one attached hydrogen (secondary N) is 1. The Morgan fingerprint density at radius 2 is 1.60 bits per heavy atom. The summed E-state index contributed by atoms with van der Waals surface area (Å²) in [4.78, 5) is 28.7. The Bertz CT molecular complexity index is 1530. The molecule has 43 heavy (non-hydrogen) atoms. The molecule has 232 valence electrons. The van der Waals surface area contributed by atoms with Crippen LogP contribution in [-0.4, -0.2) is 58.5 Å². The van der Waals surface area contributed by atoms with E-state index in [1.165, 1.54) is 37.3 Å². The van der Waals surface area contributed by atoms with Crippen molar-refractivity contribution in [2.45, 2.75) is 51.1 Å². The van der Waals surface area contributed by atoms with Crippen molar-refractivity contribution in [3.8, 4) is 11.5 Å². The van der Waals surface area contributed by atoms with Crippen LogP contribution in [0, 0.1) is 6.92 Å². The van der Waals surface area contributed by atoms with Crippen LogP contribution in [0.1, 0.15) is 37.8 Å². The predicted octanol–water partition coefficient (Wildman–Crippen LogP) is 5.85. The van der Waals surface area contributed by atoms with Gasteiger partial charge < -0.3 is 19.7 Å². The molecule has 1 unspecified atom stereocenters. The molecule has 0 saturated heterocycles. The van der Waals surface area contributed by atoms with Crippen molar-refractivity contribution in [2.75, 3.05) is 31.6 Å². The summed E-state index contributed by atoms with van der Waals surface area (Å²) in [6, 6.07) is 15.0. The largest absolute Gasteiger partial charge is 0.493 e. The standard InChI is InChI=1S/C31H37Cl2N3O6S/c1-6-16-34-31(38)27(7-2)35(19-22-10-11-23(32)17-26(22)33)30(37)20-36(24-12-8-21(3)9-13-24)43(39,40)25-14-15-28(41-4)29(18-25)42-5/h8-15,17-18,27H,6-7,16,19-20H2,1-5H3,(H,34,38). The molecule has 2 amide bonds. The van der Waals surface area contributed by atoms with Gasteiger partial charge in [-0.05, 0) is 61.7 Å². The molecule has 0 saturated carbocycles. The van der Waals surface area contributed by atoms with Crippen LogP contribution in [0.25, 0.3) is 0 Å². The van der Waals surface area contributed by atoms with E-state index in [0.29, 0.717) is 40.7 Å². The maximum Gasteiger partial charge on any atom is 0.264 e. The third kappa shape index (κ3) is 8.34. The third-order valence-corrected chi connectivity index (χ3v) is 9.19. The van der Waals surface area contributed by atoms with Crippen LogP contribution in [-0.2, 0) is 26.2 Å². The van der Waals surface area contributed by atoms with Gasteiger partial charge in [0, 0.05) is 29.2 Å².